The predicted octanol–water partition coefficient (Wildman–Crippen LogP) is 1.26. The first-order valence-corrected chi connectivity index (χ1v) is 6.94. The summed E-state index contributed by atoms with van der Waals surface area (Å²) in [6, 6.07) is 7.20. The number of benzene rings is 1. The number of hydrogen-bond donors (Lipinski definition) is 0. The van der Waals surface area contributed by atoms with Crippen molar-refractivity contribution in [3.63, 3.8) is 0 Å². The van der Waals surface area contributed by atoms with Gasteiger partial charge in [-0.2, -0.15) is 0 Å². The Morgan fingerprint density at radius 3 is 2.33 bits per heavy atom. The standard InChI is InChI=1S/C16H20N2O3/c1-17(2)16(20)14-6-3-13(4-7-14)5-8-15(19)18-9-11-21-12-10-18/h3-8H,9-12H2,1-2H3/b8-5+. The fraction of sp³-hybridized carbons (Fsp3) is 0.375. The molecule has 1 aliphatic rings. The highest BCUT2D eigenvalue weighted by molar-refractivity contribution is 5.94. The third-order valence-corrected chi connectivity index (χ3v) is 3.30. The van der Waals surface area contributed by atoms with Gasteiger partial charge in [0.2, 0.25) is 5.91 Å². The molecule has 0 atom stereocenters. The highest BCUT2D eigenvalue weighted by atomic mass is 16.5. The van der Waals surface area contributed by atoms with Crippen LogP contribution in [-0.4, -0.2) is 62.0 Å². The van der Waals surface area contributed by atoms with E-state index >= 15 is 0 Å². The molecule has 0 saturated carbocycles. The Labute approximate surface area is 124 Å². The van der Waals surface area contributed by atoms with Crippen molar-refractivity contribution in [2.75, 3.05) is 40.4 Å². The summed E-state index contributed by atoms with van der Waals surface area (Å²) in [5.41, 5.74) is 1.53. The molecular weight excluding hydrogens is 268 g/mol. The van der Waals surface area contributed by atoms with Gasteiger partial charge in [-0.3, -0.25) is 9.59 Å². The summed E-state index contributed by atoms with van der Waals surface area (Å²) in [7, 11) is 3.44. The van der Waals surface area contributed by atoms with Crippen LogP contribution in [0.3, 0.4) is 0 Å². The molecule has 1 aliphatic heterocycles. The first-order valence-electron chi connectivity index (χ1n) is 6.94. The molecule has 2 amide bonds. The first-order chi connectivity index (χ1) is 10.1. The molecule has 1 heterocycles. The van der Waals surface area contributed by atoms with Crippen molar-refractivity contribution in [2.45, 2.75) is 0 Å². The third-order valence-electron chi connectivity index (χ3n) is 3.30. The van der Waals surface area contributed by atoms with Gasteiger partial charge in [0.1, 0.15) is 0 Å². The van der Waals surface area contributed by atoms with Crippen molar-refractivity contribution in [1.82, 2.24) is 9.80 Å². The summed E-state index contributed by atoms with van der Waals surface area (Å²) in [5, 5.41) is 0. The lowest BCUT2D eigenvalue weighted by Gasteiger charge is -2.25. The molecule has 0 aromatic heterocycles. The number of carbonyl (C=O) groups excluding carboxylic acids is 2. The van der Waals surface area contributed by atoms with Crippen LogP contribution in [0.5, 0.6) is 0 Å². The SMILES string of the molecule is CN(C)C(=O)c1ccc(/C=C/C(=O)N2CCOCC2)cc1. The molecule has 0 unspecified atom stereocenters. The Bertz CT molecular complexity index is 529. The minimum absolute atomic E-state index is 0.00764. The molecule has 0 radical (unpaired) electrons. The second-order valence-electron chi connectivity index (χ2n) is 5.09. The van der Waals surface area contributed by atoms with Crippen molar-refractivity contribution < 1.29 is 14.3 Å². The number of carbonyl (C=O) groups is 2. The average Bonchev–Trinajstić information content (AvgIpc) is 2.53. The number of nitrogens with zero attached hydrogens (tertiary/aromatic N) is 2. The molecule has 1 aromatic carbocycles. The van der Waals surface area contributed by atoms with E-state index in [-0.39, 0.29) is 11.8 Å². The summed E-state index contributed by atoms with van der Waals surface area (Å²) in [6.07, 6.45) is 3.33. The van der Waals surface area contributed by atoms with Crippen LogP contribution in [0.1, 0.15) is 15.9 Å². The number of rotatable bonds is 3. The normalized spacial score (nSPS) is 15.2. The maximum absolute atomic E-state index is 12.0. The lowest BCUT2D eigenvalue weighted by Crippen LogP contribution is -2.39. The lowest BCUT2D eigenvalue weighted by molar-refractivity contribution is -0.129. The number of morpholine rings is 1. The Morgan fingerprint density at radius 1 is 1.14 bits per heavy atom. The zero-order valence-corrected chi connectivity index (χ0v) is 12.4. The largest absolute Gasteiger partial charge is 0.378 e. The van der Waals surface area contributed by atoms with Crippen molar-refractivity contribution in [3.05, 3.63) is 41.5 Å². The van der Waals surface area contributed by atoms with E-state index in [1.165, 1.54) is 4.90 Å². The maximum atomic E-state index is 12.0. The fourth-order valence-corrected chi connectivity index (χ4v) is 2.05. The molecule has 1 aromatic rings. The molecule has 5 nitrogen and oxygen atoms in total. The van der Waals surface area contributed by atoms with E-state index in [2.05, 4.69) is 0 Å². The van der Waals surface area contributed by atoms with E-state index in [0.717, 1.165) is 5.56 Å². The van der Waals surface area contributed by atoms with Crippen molar-refractivity contribution in [2.24, 2.45) is 0 Å². The third kappa shape index (κ3) is 4.16. The van der Waals surface area contributed by atoms with Gasteiger partial charge in [-0.05, 0) is 23.8 Å². The van der Waals surface area contributed by atoms with E-state index in [1.807, 2.05) is 12.1 Å². The van der Waals surface area contributed by atoms with Gasteiger partial charge in [-0.15, -0.1) is 0 Å². The van der Waals surface area contributed by atoms with Crippen LogP contribution in [0.2, 0.25) is 0 Å². The van der Waals surface area contributed by atoms with E-state index < -0.39 is 0 Å². The molecule has 112 valence electrons. The van der Waals surface area contributed by atoms with Crippen LogP contribution in [0.4, 0.5) is 0 Å². The minimum atomic E-state index is -0.0325. The molecule has 2 rings (SSSR count). The molecule has 0 N–H and O–H groups in total. The highest BCUT2D eigenvalue weighted by Gasteiger charge is 2.13. The zero-order valence-electron chi connectivity index (χ0n) is 12.4. The van der Waals surface area contributed by atoms with E-state index in [0.29, 0.717) is 31.9 Å². The van der Waals surface area contributed by atoms with Crippen LogP contribution in [0.25, 0.3) is 6.08 Å². The van der Waals surface area contributed by atoms with Crippen LogP contribution in [-0.2, 0) is 9.53 Å². The number of amides is 2. The van der Waals surface area contributed by atoms with Crippen LogP contribution >= 0.6 is 0 Å². The van der Waals surface area contributed by atoms with Crippen LogP contribution in [0.15, 0.2) is 30.3 Å². The van der Waals surface area contributed by atoms with Crippen LogP contribution in [0, 0.1) is 0 Å². The smallest absolute Gasteiger partial charge is 0.253 e. The van der Waals surface area contributed by atoms with Gasteiger partial charge in [0.15, 0.2) is 0 Å². The van der Waals surface area contributed by atoms with E-state index in [4.69, 9.17) is 4.74 Å². The van der Waals surface area contributed by atoms with Gasteiger partial charge >= 0.3 is 0 Å². The molecule has 1 saturated heterocycles. The Kier molecular flexibility index (Phi) is 5.11. The van der Waals surface area contributed by atoms with Crippen molar-refractivity contribution in [3.8, 4) is 0 Å². The average molecular weight is 288 g/mol. The van der Waals surface area contributed by atoms with Crippen molar-refractivity contribution in [1.29, 1.82) is 0 Å². The topological polar surface area (TPSA) is 49.9 Å². The molecule has 5 heteroatoms. The Hall–Kier alpha value is -2.14. The molecule has 0 bridgehead atoms. The quantitative estimate of drug-likeness (QED) is 0.787. The predicted molar refractivity (Wildman–Crippen MR) is 80.9 cm³/mol. The molecule has 21 heavy (non-hydrogen) atoms. The van der Waals surface area contributed by atoms with Gasteiger partial charge in [-0.1, -0.05) is 12.1 Å². The lowest BCUT2D eigenvalue weighted by atomic mass is 10.1. The second-order valence-corrected chi connectivity index (χ2v) is 5.09. The second kappa shape index (κ2) is 7.04. The van der Waals surface area contributed by atoms with Gasteiger partial charge in [0.05, 0.1) is 13.2 Å². The van der Waals surface area contributed by atoms with Gasteiger partial charge < -0.3 is 14.5 Å². The fourth-order valence-electron chi connectivity index (χ4n) is 2.05. The highest BCUT2D eigenvalue weighted by Crippen LogP contribution is 2.08. The summed E-state index contributed by atoms with van der Waals surface area (Å²) in [5.74, 6) is -0.0401. The van der Waals surface area contributed by atoms with Gasteiger partial charge in [0.25, 0.3) is 5.91 Å². The van der Waals surface area contributed by atoms with Gasteiger partial charge in [-0.25, -0.2) is 0 Å². The number of ether oxygens (including phenoxy) is 1. The van der Waals surface area contributed by atoms with E-state index in [9.17, 15) is 9.59 Å². The number of hydrogen-bond acceptors (Lipinski definition) is 3. The Morgan fingerprint density at radius 2 is 1.76 bits per heavy atom. The van der Waals surface area contributed by atoms with Crippen molar-refractivity contribution >= 4 is 17.9 Å². The van der Waals surface area contributed by atoms with E-state index in [1.54, 1.807) is 43.3 Å². The molecule has 0 spiro atoms. The summed E-state index contributed by atoms with van der Waals surface area (Å²) < 4.78 is 5.21. The summed E-state index contributed by atoms with van der Waals surface area (Å²) >= 11 is 0. The van der Waals surface area contributed by atoms with Gasteiger partial charge in [0, 0.05) is 38.8 Å². The maximum Gasteiger partial charge on any atom is 0.253 e. The Balaban J connectivity index is 1.97. The molecule has 1 fully saturated rings. The molecular formula is C16H20N2O3. The summed E-state index contributed by atoms with van der Waals surface area (Å²) in [4.78, 5) is 27.0. The zero-order chi connectivity index (χ0) is 15.2. The van der Waals surface area contributed by atoms with Crippen LogP contribution < -0.4 is 0 Å². The first kappa shape index (κ1) is 15.3. The minimum Gasteiger partial charge on any atom is -0.378 e. The summed E-state index contributed by atoms with van der Waals surface area (Å²) in [6.45, 7) is 2.47. The monoisotopic (exact) mass is 288 g/mol. The molecule has 0 aliphatic carbocycles.